The summed E-state index contributed by atoms with van der Waals surface area (Å²) in [7, 11) is 0. The summed E-state index contributed by atoms with van der Waals surface area (Å²) in [5.74, 6) is 1.84. The molecule has 0 nitrogen and oxygen atoms in total. The first kappa shape index (κ1) is 10.3. The normalized spacial score (nSPS) is 41.5. The highest BCUT2D eigenvalue weighted by atomic mass is 15.0. The van der Waals surface area contributed by atoms with Crippen molar-refractivity contribution >= 4 is 0 Å². The van der Waals surface area contributed by atoms with Crippen LogP contribution in [0.5, 0.6) is 0 Å². The van der Waals surface area contributed by atoms with E-state index in [2.05, 4.69) is 60.7 Å². The van der Waals surface area contributed by atoms with Crippen molar-refractivity contribution in [1.82, 2.24) is 0 Å². The molecule has 2 aromatic rings. The van der Waals surface area contributed by atoms with E-state index in [0.29, 0.717) is 10.8 Å². The van der Waals surface area contributed by atoms with Crippen molar-refractivity contribution in [1.29, 1.82) is 0 Å². The molecule has 5 rings (SSSR count). The van der Waals surface area contributed by atoms with E-state index in [-0.39, 0.29) is 0 Å². The molecule has 0 aromatic heterocycles. The van der Waals surface area contributed by atoms with Crippen LogP contribution in [0.25, 0.3) is 0 Å². The van der Waals surface area contributed by atoms with Crippen LogP contribution in [-0.2, 0) is 10.8 Å². The molecule has 0 heteroatoms. The largest absolute Gasteiger partial charge is 0.0622 e. The quantitative estimate of drug-likeness (QED) is 0.741. The third-order valence-electron chi connectivity index (χ3n) is 6.20. The van der Waals surface area contributed by atoms with Crippen LogP contribution >= 0.6 is 0 Å². The van der Waals surface area contributed by atoms with Gasteiger partial charge < -0.3 is 0 Å². The molecule has 3 fully saturated rings. The summed E-state index contributed by atoms with van der Waals surface area (Å²) >= 11 is 0. The minimum Gasteiger partial charge on any atom is -0.0622 e. The summed E-state index contributed by atoms with van der Waals surface area (Å²) < 4.78 is 0. The lowest BCUT2D eigenvalue weighted by Crippen LogP contribution is -2.23. The highest BCUT2D eigenvalue weighted by molar-refractivity contribution is 5.67. The molecule has 0 heterocycles. The van der Waals surface area contributed by atoms with Crippen molar-refractivity contribution in [2.45, 2.75) is 30.1 Å². The fourth-order valence-corrected chi connectivity index (χ4v) is 5.74. The van der Waals surface area contributed by atoms with Crippen LogP contribution in [-0.4, -0.2) is 0 Å². The summed E-state index contributed by atoms with van der Waals surface area (Å²) in [5, 5.41) is 0. The molecule has 0 spiro atoms. The van der Waals surface area contributed by atoms with Gasteiger partial charge in [0.05, 0.1) is 0 Å². The summed E-state index contributed by atoms with van der Waals surface area (Å²) in [6.07, 6.45) is 4.30. The summed E-state index contributed by atoms with van der Waals surface area (Å²) in [6, 6.07) is 22.6. The van der Waals surface area contributed by atoms with Crippen LogP contribution in [0.15, 0.2) is 60.7 Å². The fourth-order valence-electron chi connectivity index (χ4n) is 5.74. The van der Waals surface area contributed by atoms with Gasteiger partial charge in [-0.1, -0.05) is 67.1 Å². The van der Waals surface area contributed by atoms with Gasteiger partial charge in [-0.25, -0.2) is 0 Å². The van der Waals surface area contributed by atoms with E-state index in [1.165, 1.54) is 19.3 Å². The van der Waals surface area contributed by atoms with E-state index in [4.69, 9.17) is 0 Å². The van der Waals surface area contributed by atoms with Crippen LogP contribution in [0, 0.1) is 11.8 Å². The highest BCUT2D eigenvalue weighted by Crippen LogP contribution is 2.96. The van der Waals surface area contributed by atoms with Gasteiger partial charge in [0.1, 0.15) is 0 Å². The Morgan fingerprint density at radius 2 is 1.05 bits per heavy atom. The summed E-state index contributed by atoms with van der Waals surface area (Å²) in [6.45, 7) is 0. The molecule has 0 saturated heterocycles. The van der Waals surface area contributed by atoms with Crippen molar-refractivity contribution < 1.29 is 0 Å². The molecular formula is C19H18. The molecule has 0 N–H and O–H groups in total. The van der Waals surface area contributed by atoms with Gasteiger partial charge in [-0.05, 0) is 35.8 Å². The van der Waals surface area contributed by atoms with E-state index in [9.17, 15) is 0 Å². The van der Waals surface area contributed by atoms with Crippen molar-refractivity contribution in [3.8, 4) is 0 Å². The Bertz CT molecular complexity index is 560. The van der Waals surface area contributed by atoms with Gasteiger partial charge in [-0.2, -0.15) is 0 Å². The van der Waals surface area contributed by atoms with Crippen molar-refractivity contribution in [3.05, 3.63) is 71.8 Å². The molecule has 19 heavy (non-hydrogen) atoms. The fraction of sp³-hybridized carbons (Fsp3) is 0.368. The van der Waals surface area contributed by atoms with Crippen LogP contribution in [0.1, 0.15) is 30.4 Å². The maximum atomic E-state index is 2.36. The van der Waals surface area contributed by atoms with Crippen LogP contribution in [0.3, 0.4) is 0 Å². The number of hydrogen-bond acceptors (Lipinski definition) is 0. The Hall–Kier alpha value is -1.56. The van der Waals surface area contributed by atoms with Crippen molar-refractivity contribution in [3.63, 3.8) is 0 Å². The number of fused-ring (bicyclic) bond motifs is 2. The molecule has 3 aliphatic carbocycles. The van der Waals surface area contributed by atoms with Gasteiger partial charge in [0.2, 0.25) is 0 Å². The lowest BCUT2D eigenvalue weighted by Gasteiger charge is -2.28. The SMILES string of the molecule is c1ccc(C23C4CCCC2C43c2ccccc2)cc1. The molecule has 0 bridgehead atoms. The Labute approximate surface area is 114 Å². The van der Waals surface area contributed by atoms with Gasteiger partial charge in [-0.15, -0.1) is 0 Å². The Balaban J connectivity index is 1.67. The molecule has 2 aromatic carbocycles. The molecular weight excluding hydrogens is 228 g/mol. The van der Waals surface area contributed by atoms with Gasteiger partial charge in [0.25, 0.3) is 0 Å². The van der Waals surface area contributed by atoms with Gasteiger partial charge in [0.15, 0.2) is 0 Å². The average Bonchev–Trinajstić information content (AvgIpc) is 3.36. The van der Waals surface area contributed by atoms with Crippen molar-refractivity contribution in [2.75, 3.05) is 0 Å². The minimum atomic E-state index is 0.522. The van der Waals surface area contributed by atoms with E-state index in [1.807, 2.05) is 0 Å². The maximum absolute atomic E-state index is 2.36. The zero-order valence-electron chi connectivity index (χ0n) is 11.0. The van der Waals surface area contributed by atoms with E-state index in [1.54, 1.807) is 11.1 Å². The minimum absolute atomic E-state index is 0.522. The Morgan fingerprint density at radius 3 is 1.47 bits per heavy atom. The lowest BCUT2D eigenvalue weighted by atomic mass is 9.75. The Kier molecular flexibility index (Phi) is 1.68. The standard InChI is InChI=1S/C19H18/c1-3-8-14(9-4-1)18-16-12-7-13-17(18)19(16,18)15-10-5-2-6-11-15/h1-6,8-11,16-17H,7,12-13H2. The first-order valence-electron chi connectivity index (χ1n) is 7.54. The van der Waals surface area contributed by atoms with Crippen molar-refractivity contribution in [2.24, 2.45) is 11.8 Å². The first-order chi connectivity index (χ1) is 9.43. The summed E-state index contributed by atoms with van der Waals surface area (Å²) in [5.41, 5.74) is 4.25. The second-order valence-corrected chi connectivity index (χ2v) is 6.51. The van der Waals surface area contributed by atoms with E-state index < -0.39 is 0 Å². The third kappa shape index (κ3) is 0.908. The van der Waals surface area contributed by atoms with E-state index >= 15 is 0 Å². The lowest BCUT2D eigenvalue weighted by molar-refractivity contribution is 0.295. The number of benzene rings is 2. The Morgan fingerprint density at radius 1 is 0.632 bits per heavy atom. The van der Waals surface area contributed by atoms with Crippen LogP contribution in [0.4, 0.5) is 0 Å². The third-order valence-corrected chi connectivity index (χ3v) is 6.20. The molecule has 3 aliphatic rings. The van der Waals surface area contributed by atoms with Gasteiger partial charge in [-0.3, -0.25) is 0 Å². The molecule has 94 valence electrons. The molecule has 0 unspecified atom stereocenters. The number of hydrogen-bond donors (Lipinski definition) is 0. The summed E-state index contributed by atoms with van der Waals surface area (Å²) in [4.78, 5) is 0. The zero-order valence-corrected chi connectivity index (χ0v) is 11.0. The topological polar surface area (TPSA) is 0 Å². The molecule has 0 radical (unpaired) electrons. The van der Waals surface area contributed by atoms with E-state index in [0.717, 1.165) is 11.8 Å². The number of rotatable bonds is 2. The first-order valence-corrected chi connectivity index (χ1v) is 7.54. The van der Waals surface area contributed by atoms with Crippen LogP contribution in [0.2, 0.25) is 0 Å². The molecule has 0 amide bonds. The molecule has 3 saturated carbocycles. The smallest absolute Gasteiger partial charge is 0.0130 e. The van der Waals surface area contributed by atoms with Gasteiger partial charge in [0, 0.05) is 10.8 Å². The molecule has 0 aliphatic heterocycles. The predicted octanol–water partition coefficient (Wildman–Crippen LogP) is 4.31. The maximum Gasteiger partial charge on any atom is 0.0130 e. The molecule has 0 atom stereocenters. The second kappa shape index (κ2) is 3.12. The van der Waals surface area contributed by atoms with Gasteiger partial charge >= 0.3 is 0 Å². The average molecular weight is 246 g/mol. The predicted molar refractivity (Wildman–Crippen MR) is 77.1 cm³/mol. The second-order valence-electron chi connectivity index (χ2n) is 6.51. The monoisotopic (exact) mass is 246 g/mol. The highest BCUT2D eigenvalue weighted by Gasteiger charge is 2.97. The zero-order chi connectivity index (χ0) is 12.5. The van der Waals surface area contributed by atoms with Crippen LogP contribution < -0.4 is 0 Å².